The second-order valence-electron chi connectivity index (χ2n) is 8.74. The Bertz CT molecular complexity index is 903. The molecule has 1 saturated carbocycles. The summed E-state index contributed by atoms with van der Waals surface area (Å²) in [4.78, 5) is 13.2. The number of sulfonamides is 1. The zero-order valence-electron chi connectivity index (χ0n) is 18.5. The van der Waals surface area contributed by atoms with Crippen molar-refractivity contribution >= 4 is 16.4 Å². The van der Waals surface area contributed by atoms with E-state index in [4.69, 9.17) is 0 Å². The molecule has 0 spiro atoms. The summed E-state index contributed by atoms with van der Waals surface area (Å²) in [7, 11) is -3.50. The van der Waals surface area contributed by atoms with Gasteiger partial charge in [-0.2, -0.15) is 5.10 Å². The van der Waals surface area contributed by atoms with Gasteiger partial charge in [-0.05, 0) is 68.9 Å². The van der Waals surface area contributed by atoms with Crippen molar-refractivity contribution in [2.45, 2.75) is 63.3 Å². The summed E-state index contributed by atoms with van der Waals surface area (Å²) in [5, 5.41) is 4.15. The first-order valence-corrected chi connectivity index (χ1v) is 12.7. The third kappa shape index (κ3) is 6.64. The molecule has 31 heavy (non-hydrogen) atoms. The lowest BCUT2D eigenvalue weighted by atomic mass is 9.79. The van der Waals surface area contributed by atoms with Gasteiger partial charge in [-0.15, -0.1) is 0 Å². The SMILES string of the molecule is CC(C)N(C=O)CCC1CCC(CCNS(=O)(=O)c2ccc(-n3cccn3)cc2)CC1. The van der Waals surface area contributed by atoms with Gasteiger partial charge in [-0.3, -0.25) is 4.79 Å². The molecule has 1 aromatic carbocycles. The van der Waals surface area contributed by atoms with E-state index in [1.165, 1.54) is 0 Å². The van der Waals surface area contributed by atoms with Crippen LogP contribution in [0.3, 0.4) is 0 Å². The molecule has 0 atom stereocenters. The van der Waals surface area contributed by atoms with Gasteiger partial charge in [0.25, 0.3) is 0 Å². The van der Waals surface area contributed by atoms with E-state index in [1.54, 1.807) is 35.1 Å². The molecule has 1 aliphatic rings. The van der Waals surface area contributed by atoms with E-state index in [0.29, 0.717) is 18.4 Å². The standard InChI is InChI=1S/C23H34N4O3S/c1-19(2)26(18-28)17-13-21-6-4-20(5-7-21)12-15-25-31(29,30)23-10-8-22(9-11-23)27-16-3-14-24-27/h3,8-11,14,16,18-21,25H,4-7,12-13,15,17H2,1-2H3. The first kappa shape index (κ1) is 23.5. The molecule has 2 aromatic rings. The Hall–Kier alpha value is -2.19. The molecule has 0 unspecified atom stereocenters. The van der Waals surface area contributed by atoms with Crippen LogP contribution >= 0.6 is 0 Å². The lowest BCUT2D eigenvalue weighted by Crippen LogP contribution is -2.32. The quantitative estimate of drug-likeness (QED) is 0.535. The van der Waals surface area contributed by atoms with Gasteiger partial charge in [0, 0.05) is 31.5 Å². The number of carbonyl (C=O) groups is 1. The molecule has 0 saturated heterocycles. The topological polar surface area (TPSA) is 84.3 Å². The molecule has 1 aromatic heterocycles. The first-order chi connectivity index (χ1) is 14.9. The van der Waals surface area contributed by atoms with Gasteiger partial charge in [0.2, 0.25) is 16.4 Å². The molecule has 170 valence electrons. The van der Waals surface area contributed by atoms with Crippen molar-refractivity contribution in [3.63, 3.8) is 0 Å². The fourth-order valence-corrected chi connectivity index (χ4v) is 5.30. The molecule has 0 radical (unpaired) electrons. The molecule has 8 heteroatoms. The Morgan fingerprint density at radius 3 is 2.32 bits per heavy atom. The maximum atomic E-state index is 12.6. The van der Waals surface area contributed by atoms with E-state index in [1.807, 2.05) is 31.0 Å². The molecule has 1 aliphatic carbocycles. The number of hydrogen-bond acceptors (Lipinski definition) is 4. The second-order valence-corrected chi connectivity index (χ2v) is 10.5. The lowest BCUT2D eigenvalue weighted by molar-refractivity contribution is -0.119. The zero-order chi connectivity index (χ0) is 22.3. The molecule has 0 bridgehead atoms. The number of nitrogens with one attached hydrogen (secondary N) is 1. The number of rotatable bonds is 11. The molecule has 1 fully saturated rings. The summed E-state index contributed by atoms with van der Waals surface area (Å²) in [6.07, 6.45) is 11.0. The fourth-order valence-electron chi connectivity index (χ4n) is 4.25. The number of nitrogens with zero attached hydrogens (tertiary/aromatic N) is 3. The smallest absolute Gasteiger partial charge is 0.240 e. The van der Waals surface area contributed by atoms with Crippen molar-refractivity contribution in [2.75, 3.05) is 13.1 Å². The van der Waals surface area contributed by atoms with Crippen molar-refractivity contribution in [1.82, 2.24) is 19.4 Å². The van der Waals surface area contributed by atoms with Crippen molar-refractivity contribution in [2.24, 2.45) is 11.8 Å². The molecular weight excluding hydrogens is 412 g/mol. The largest absolute Gasteiger partial charge is 0.343 e. The molecule has 1 N–H and O–H groups in total. The minimum atomic E-state index is -3.50. The van der Waals surface area contributed by atoms with Crippen LogP contribution in [0.25, 0.3) is 5.69 Å². The number of carbonyl (C=O) groups excluding carboxylic acids is 1. The van der Waals surface area contributed by atoms with E-state index < -0.39 is 10.0 Å². The van der Waals surface area contributed by atoms with Crippen LogP contribution in [0.5, 0.6) is 0 Å². The predicted octanol–water partition coefficient (Wildman–Crippen LogP) is 3.60. The molecule has 0 aliphatic heterocycles. The fraction of sp³-hybridized carbons (Fsp3) is 0.565. The van der Waals surface area contributed by atoms with Crippen LogP contribution in [-0.2, 0) is 14.8 Å². The minimum Gasteiger partial charge on any atom is -0.343 e. The molecule has 3 rings (SSSR count). The third-order valence-electron chi connectivity index (χ3n) is 6.32. The van der Waals surface area contributed by atoms with Gasteiger partial charge in [0.05, 0.1) is 10.6 Å². The van der Waals surface area contributed by atoms with E-state index in [0.717, 1.165) is 57.2 Å². The Morgan fingerprint density at radius 2 is 1.77 bits per heavy atom. The average molecular weight is 447 g/mol. The number of amides is 1. The minimum absolute atomic E-state index is 0.253. The van der Waals surface area contributed by atoms with Crippen molar-refractivity contribution in [1.29, 1.82) is 0 Å². The average Bonchev–Trinajstić information content (AvgIpc) is 3.30. The number of benzene rings is 1. The molecule has 1 heterocycles. The summed E-state index contributed by atoms with van der Waals surface area (Å²) in [5.41, 5.74) is 0.824. The normalized spacial score (nSPS) is 19.5. The monoisotopic (exact) mass is 446 g/mol. The van der Waals surface area contributed by atoms with Crippen LogP contribution in [0.1, 0.15) is 52.4 Å². The highest BCUT2D eigenvalue weighted by atomic mass is 32.2. The lowest BCUT2D eigenvalue weighted by Gasteiger charge is -2.30. The first-order valence-electron chi connectivity index (χ1n) is 11.2. The molecular formula is C23H34N4O3S. The van der Waals surface area contributed by atoms with Crippen LogP contribution in [0, 0.1) is 11.8 Å². The van der Waals surface area contributed by atoms with Crippen molar-refractivity contribution < 1.29 is 13.2 Å². The predicted molar refractivity (Wildman–Crippen MR) is 121 cm³/mol. The summed E-state index contributed by atoms with van der Waals surface area (Å²) in [5.74, 6) is 1.23. The van der Waals surface area contributed by atoms with Gasteiger partial charge in [-0.25, -0.2) is 17.8 Å². The van der Waals surface area contributed by atoms with Gasteiger partial charge in [0.1, 0.15) is 0 Å². The summed E-state index contributed by atoms with van der Waals surface area (Å²) < 4.78 is 29.6. The highest BCUT2D eigenvalue weighted by molar-refractivity contribution is 7.89. The van der Waals surface area contributed by atoms with E-state index >= 15 is 0 Å². The van der Waals surface area contributed by atoms with E-state index in [2.05, 4.69) is 9.82 Å². The van der Waals surface area contributed by atoms with E-state index in [-0.39, 0.29) is 10.9 Å². The molecule has 7 nitrogen and oxygen atoms in total. The van der Waals surface area contributed by atoms with Gasteiger partial charge in [0.15, 0.2) is 0 Å². The van der Waals surface area contributed by atoms with Crippen LogP contribution in [0.4, 0.5) is 0 Å². The highest BCUT2D eigenvalue weighted by Crippen LogP contribution is 2.32. The Morgan fingerprint density at radius 1 is 1.13 bits per heavy atom. The van der Waals surface area contributed by atoms with E-state index in [9.17, 15) is 13.2 Å². The maximum Gasteiger partial charge on any atom is 0.240 e. The molecule has 1 amide bonds. The maximum absolute atomic E-state index is 12.6. The van der Waals surface area contributed by atoms with Crippen LogP contribution in [-0.4, -0.2) is 48.6 Å². The highest BCUT2D eigenvalue weighted by Gasteiger charge is 2.22. The van der Waals surface area contributed by atoms with Crippen LogP contribution in [0.2, 0.25) is 0 Å². The van der Waals surface area contributed by atoms with Crippen LogP contribution in [0.15, 0.2) is 47.6 Å². The van der Waals surface area contributed by atoms with Crippen molar-refractivity contribution in [3.05, 3.63) is 42.7 Å². The third-order valence-corrected chi connectivity index (χ3v) is 7.80. The Labute approximate surface area is 185 Å². The second kappa shape index (κ2) is 10.9. The van der Waals surface area contributed by atoms with Crippen molar-refractivity contribution in [3.8, 4) is 5.69 Å². The summed E-state index contributed by atoms with van der Waals surface area (Å²) in [6, 6.07) is 8.82. The van der Waals surface area contributed by atoms with Gasteiger partial charge in [-0.1, -0.05) is 25.7 Å². The summed E-state index contributed by atoms with van der Waals surface area (Å²) >= 11 is 0. The number of hydrogen-bond donors (Lipinski definition) is 1. The van der Waals surface area contributed by atoms with Gasteiger partial charge < -0.3 is 4.90 Å². The Balaban J connectivity index is 1.39. The van der Waals surface area contributed by atoms with Crippen LogP contribution < -0.4 is 4.72 Å². The summed E-state index contributed by atoms with van der Waals surface area (Å²) in [6.45, 7) is 5.38. The number of aromatic nitrogens is 2. The zero-order valence-corrected chi connectivity index (χ0v) is 19.3. The Kier molecular flexibility index (Phi) is 8.26. The van der Waals surface area contributed by atoms with Gasteiger partial charge >= 0.3 is 0 Å².